The van der Waals surface area contributed by atoms with Gasteiger partial charge in [-0.1, -0.05) is 36.4 Å². The van der Waals surface area contributed by atoms with Crippen LogP contribution in [0.15, 0.2) is 48.5 Å². The lowest BCUT2D eigenvalue weighted by molar-refractivity contribution is -0.134. The maximum absolute atomic E-state index is 13.6. The number of halogens is 1. The largest absolute Gasteiger partial charge is 0.444 e. The second kappa shape index (κ2) is 10.1. The Hall–Kier alpha value is -2.93. The highest BCUT2D eigenvalue weighted by molar-refractivity contribution is 5.78. The topological polar surface area (TPSA) is 59.1 Å². The smallest absolute Gasteiger partial charge is 0.410 e. The van der Waals surface area contributed by atoms with Crippen molar-refractivity contribution in [1.82, 2.24) is 9.80 Å². The molecule has 0 bridgehead atoms. The van der Waals surface area contributed by atoms with Crippen molar-refractivity contribution in [2.24, 2.45) is 5.92 Å². The summed E-state index contributed by atoms with van der Waals surface area (Å²) in [7, 11) is 0. The van der Waals surface area contributed by atoms with Crippen LogP contribution in [-0.4, -0.2) is 60.2 Å². The number of benzene rings is 2. The second-order valence-electron chi connectivity index (χ2n) is 10.1. The number of fused-ring (bicyclic) bond motifs is 1. The SMILES string of the molecule is CC(C)(C)OC(=O)N1CCOC[C@H](CC(=O)N2CCc3ccccc3[C@@H]2c2ccc(F)cc2)C1. The van der Waals surface area contributed by atoms with E-state index in [1.807, 2.05) is 43.9 Å². The Balaban J connectivity index is 1.52. The standard InChI is InChI=1S/C27H33FN2O4/c1-27(2,3)34-26(32)29-14-15-33-18-19(17-29)16-24(31)30-13-12-20-6-4-5-7-23(20)25(30)21-8-10-22(28)11-9-21/h4-11,19,25H,12-18H2,1-3H3/t19-,25+/m1/s1. The minimum atomic E-state index is -0.584. The molecule has 182 valence electrons. The number of hydrogen-bond acceptors (Lipinski definition) is 4. The van der Waals surface area contributed by atoms with Crippen LogP contribution in [0.25, 0.3) is 0 Å². The first kappa shape index (κ1) is 24.2. The number of amides is 2. The fraction of sp³-hybridized carbons (Fsp3) is 0.481. The highest BCUT2D eigenvalue weighted by Gasteiger charge is 2.34. The lowest BCUT2D eigenvalue weighted by Gasteiger charge is -2.38. The molecule has 2 atom stereocenters. The number of ether oxygens (including phenoxy) is 2. The van der Waals surface area contributed by atoms with E-state index in [4.69, 9.17) is 9.47 Å². The molecule has 0 saturated carbocycles. The maximum atomic E-state index is 13.6. The predicted molar refractivity (Wildman–Crippen MR) is 127 cm³/mol. The third kappa shape index (κ3) is 5.76. The quantitative estimate of drug-likeness (QED) is 0.662. The lowest BCUT2D eigenvalue weighted by Crippen LogP contribution is -2.43. The number of carbonyl (C=O) groups is 2. The Bertz CT molecular complexity index is 1020. The Morgan fingerprint density at radius 1 is 1.09 bits per heavy atom. The summed E-state index contributed by atoms with van der Waals surface area (Å²) in [5, 5.41) is 0. The summed E-state index contributed by atoms with van der Waals surface area (Å²) in [4.78, 5) is 29.8. The minimum absolute atomic E-state index is 0.00321. The molecule has 4 rings (SSSR count). The summed E-state index contributed by atoms with van der Waals surface area (Å²) in [6, 6.07) is 14.2. The number of carbonyl (C=O) groups excluding carboxylic acids is 2. The van der Waals surface area contributed by atoms with Gasteiger partial charge >= 0.3 is 6.09 Å². The van der Waals surface area contributed by atoms with Gasteiger partial charge in [-0.2, -0.15) is 0 Å². The van der Waals surface area contributed by atoms with Crippen molar-refractivity contribution in [2.75, 3.05) is 32.8 Å². The van der Waals surface area contributed by atoms with E-state index < -0.39 is 5.60 Å². The Morgan fingerprint density at radius 3 is 2.56 bits per heavy atom. The number of hydrogen-bond donors (Lipinski definition) is 0. The van der Waals surface area contributed by atoms with Gasteiger partial charge in [-0.25, -0.2) is 9.18 Å². The Morgan fingerprint density at radius 2 is 1.82 bits per heavy atom. The first-order chi connectivity index (χ1) is 16.2. The molecule has 34 heavy (non-hydrogen) atoms. The van der Waals surface area contributed by atoms with Crippen LogP contribution in [-0.2, 0) is 20.7 Å². The van der Waals surface area contributed by atoms with Gasteiger partial charge in [0, 0.05) is 32.0 Å². The van der Waals surface area contributed by atoms with Crippen LogP contribution in [0.3, 0.4) is 0 Å². The van der Waals surface area contributed by atoms with Crippen LogP contribution in [0.5, 0.6) is 0 Å². The molecule has 0 N–H and O–H groups in total. The zero-order chi connectivity index (χ0) is 24.3. The van der Waals surface area contributed by atoms with Crippen molar-refractivity contribution >= 4 is 12.0 Å². The van der Waals surface area contributed by atoms with Gasteiger partial charge in [-0.3, -0.25) is 4.79 Å². The van der Waals surface area contributed by atoms with E-state index in [1.165, 1.54) is 17.7 Å². The van der Waals surface area contributed by atoms with E-state index in [0.29, 0.717) is 32.8 Å². The fourth-order valence-corrected chi connectivity index (χ4v) is 4.70. The van der Waals surface area contributed by atoms with E-state index in [0.717, 1.165) is 17.5 Å². The van der Waals surface area contributed by atoms with Crippen molar-refractivity contribution in [1.29, 1.82) is 0 Å². The monoisotopic (exact) mass is 468 g/mol. The molecule has 0 radical (unpaired) electrons. The normalized spacial score (nSPS) is 20.9. The van der Waals surface area contributed by atoms with E-state index in [2.05, 4.69) is 6.07 Å². The molecule has 2 aliphatic rings. The molecule has 7 heteroatoms. The van der Waals surface area contributed by atoms with Gasteiger partial charge in [-0.15, -0.1) is 0 Å². The van der Waals surface area contributed by atoms with Gasteiger partial charge in [0.15, 0.2) is 0 Å². The molecule has 2 aliphatic heterocycles. The molecular formula is C27H33FN2O4. The zero-order valence-corrected chi connectivity index (χ0v) is 20.1. The molecule has 0 unspecified atom stereocenters. The van der Waals surface area contributed by atoms with E-state index in [1.54, 1.807) is 17.0 Å². The fourth-order valence-electron chi connectivity index (χ4n) is 4.70. The van der Waals surface area contributed by atoms with Gasteiger partial charge < -0.3 is 19.3 Å². The van der Waals surface area contributed by atoms with Crippen LogP contribution in [0.4, 0.5) is 9.18 Å². The third-order valence-electron chi connectivity index (χ3n) is 6.24. The second-order valence-corrected chi connectivity index (χ2v) is 10.1. The van der Waals surface area contributed by atoms with E-state index >= 15 is 0 Å². The average molecular weight is 469 g/mol. The Kier molecular flexibility index (Phi) is 7.22. The van der Waals surface area contributed by atoms with Crippen LogP contribution < -0.4 is 0 Å². The van der Waals surface area contributed by atoms with Crippen LogP contribution >= 0.6 is 0 Å². The predicted octanol–water partition coefficient (Wildman–Crippen LogP) is 4.57. The Labute approximate surface area is 200 Å². The molecule has 2 aromatic rings. The maximum Gasteiger partial charge on any atom is 0.410 e. The summed E-state index contributed by atoms with van der Waals surface area (Å²) >= 11 is 0. The molecule has 0 aliphatic carbocycles. The highest BCUT2D eigenvalue weighted by Crippen LogP contribution is 2.36. The lowest BCUT2D eigenvalue weighted by atomic mass is 9.87. The van der Waals surface area contributed by atoms with Crippen LogP contribution in [0.1, 0.15) is 49.9 Å². The van der Waals surface area contributed by atoms with Crippen molar-refractivity contribution in [3.8, 4) is 0 Å². The van der Waals surface area contributed by atoms with Crippen LogP contribution in [0.2, 0.25) is 0 Å². The minimum Gasteiger partial charge on any atom is -0.444 e. The molecule has 2 amide bonds. The van der Waals surface area contributed by atoms with Crippen LogP contribution in [0, 0.1) is 11.7 Å². The number of nitrogens with zero attached hydrogens (tertiary/aromatic N) is 2. The van der Waals surface area contributed by atoms with Gasteiger partial charge in [0.05, 0.1) is 19.3 Å². The molecule has 2 heterocycles. The number of rotatable bonds is 3. The third-order valence-corrected chi connectivity index (χ3v) is 6.24. The molecule has 6 nitrogen and oxygen atoms in total. The molecule has 1 saturated heterocycles. The first-order valence-electron chi connectivity index (χ1n) is 11.9. The van der Waals surface area contributed by atoms with Crippen molar-refractivity contribution in [2.45, 2.75) is 45.3 Å². The van der Waals surface area contributed by atoms with Gasteiger partial charge in [0.2, 0.25) is 5.91 Å². The van der Waals surface area contributed by atoms with Crippen molar-refractivity contribution < 1.29 is 23.5 Å². The van der Waals surface area contributed by atoms with Gasteiger partial charge in [0.25, 0.3) is 0 Å². The summed E-state index contributed by atoms with van der Waals surface area (Å²) in [5.74, 6) is -0.430. The molecule has 0 aromatic heterocycles. The molecule has 0 spiro atoms. The zero-order valence-electron chi connectivity index (χ0n) is 20.1. The van der Waals surface area contributed by atoms with Gasteiger partial charge in [0.1, 0.15) is 11.4 Å². The summed E-state index contributed by atoms with van der Waals surface area (Å²) < 4.78 is 24.9. The summed E-state index contributed by atoms with van der Waals surface area (Å²) in [6.45, 7) is 7.77. The van der Waals surface area contributed by atoms with Crippen molar-refractivity contribution in [3.05, 3.63) is 71.0 Å². The average Bonchev–Trinajstić information content (AvgIpc) is 3.03. The molecule has 1 fully saturated rings. The highest BCUT2D eigenvalue weighted by atomic mass is 19.1. The molecule has 2 aromatic carbocycles. The summed E-state index contributed by atoms with van der Waals surface area (Å²) in [6.07, 6.45) is 0.649. The van der Waals surface area contributed by atoms with Gasteiger partial charge in [-0.05, 0) is 56.0 Å². The first-order valence-corrected chi connectivity index (χ1v) is 11.9. The van der Waals surface area contributed by atoms with E-state index in [-0.39, 0.29) is 36.2 Å². The summed E-state index contributed by atoms with van der Waals surface area (Å²) in [5.41, 5.74) is 2.57. The van der Waals surface area contributed by atoms with Crippen molar-refractivity contribution in [3.63, 3.8) is 0 Å². The van der Waals surface area contributed by atoms with E-state index in [9.17, 15) is 14.0 Å². The molecular weight excluding hydrogens is 435 g/mol.